The molecule has 0 saturated carbocycles. The Morgan fingerprint density at radius 2 is 2.00 bits per heavy atom. The summed E-state index contributed by atoms with van der Waals surface area (Å²) in [5, 5.41) is 20.0. The number of nitro groups is 1. The summed E-state index contributed by atoms with van der Waals surface area (Å²) in [5.74, 6) is 0.483. The molecule has 0 bridgehead atoms. The number of anilines is 1. The normalized spacial score (nSPS) is 10.2. The first-order chi connectivity index (χ1) is 9.70. The highest BCUT2D eigenvalue weighted by Gasteiger charge is 2.13. The van der Waals surface area contributed by atoms with Crippen LogP contribution in [-0.2, 0) is 6.54 Å². The number of pyridine rings is 1. The number of hydrogen-bond acceptors (Lipinski definition) is 5. The number of nitrogens with zero attached hydrogens (tertiary/aromatic N) is 3. The third-order valence-electron chi connectivity index (χ3n) is 2.85. The van der Waals surface area contributed by atoms with Gasteiger partial charge < -0.3 is 10.0 Å². The fraction of sp³-hybridized carbons (Fsp3) is 0.214. The molecule has 1 aromatic carbocycles. The number of rotatable bonds is 6. The zero-order chi connectivity index (χ0) is 14.4. The Balaban J connectivity index is 2.24. The first kappa shape index (κ1) is 14.0. The summed E-state index contributed by atoms with van der Waals surface area (Å²) in [7, 11) is 0. The third-order valence-corrected chi connectivity index (χ3v) is 2.85. The van der Waals surface area contributed by atoms with Crippen molar-refractivity contribution in [2.45, 2.75) is 6.54 Å². The van der Waals surface area contributed by atoms with Crippen molar-refractivity contribution in [3.05, 3.63) is 64.3 Å². The van der Waals surface area contributed by atoms with Crippen LogP contribution in [0.15, 0.2) is 48.7 Å². The maximum absolute atomic E-state index is 10.8. The molecule has 0 aliphatic rings. The lowest BCUT2D eigenvalue weighted by Crippen LogP contribution is -2.27. The van der Waals surface area contributed by atoms with E-state index in [1.54, 1.807) is 0 Å². The lowest BCUT2D eigenvalue weighted by Gasteiger charge is -2.22. The highest BCUT2D eigenvalue weighted by Crippen LogP contribution is 2.19. The van der Waals surface area contributed by atoms with Gasteiger partial charge in [-0.1, -0.05) is 30.3 Å². The van der Waals surface area contributed by atoms with Crippen LogP contribution in [0.2, 0.25) is 0 Å². The molecule has 0 saturated heterocycles. The minimum absolute atomic E-state index is 0.00833. The van der Waals surface area contributed by atoms with Gasteiger partial charge in [0.05, 0.1) is 17.6 Å². The summed E-state index contributed by atoms with van der Waals surface area (Å²) in [4.78, 5) is 16.3. The van der Waals surface area contributed by atoms with Crippen LogP contribution in [0.3, 0.4) is 0 Å². The van der Waals surface area contributed by atoms with Crippen LogP contribution in [0.25, 0.3) is 0 Å². The van der Waals surface area contributed by atoms with Crippen LogP contribution < -0.4 is 4.90 Å². The predicted octanol–water partition coefficient (Wildman–Crippen LogP) is 1.99. The van der Waals surface area contributed by atoms with Gasteiger partial charge in [-0.3, -0.25) is 10.1 Å². The van der Waals surface area contributed by atoms with Gasteiger partial charge >= 0.3 is 0 Å². The molecule has 0 amide bonds. The highest BCUT2D eigenvalue weighted by molar-refractivity contribution is 5.47. The van der Waals surface area contributed by atoms with Crippen molar-refractivity contribution in [1.29, 1.82) is 0 Å². The molecule has 0 atom stereocenters. The monoisotopic (exact) mass is 273 g/mol. The van der Waals surface area contributed by atoms with Gasteiger partial charge in [0.2, 0.25) is 0 Å². The summed E-state index contributed by atoms with van der Waals surface area (Å²) < 4.78 is 0. The molecule has 2 rings (SSSR count). The smallest absolute Gasteiger partial charge is 0.274 e. The van der Waals surface area contributed by atoms with Gasteiger partial charge in [-0.05, 0) is 5.56 Å². The number of aromatic nitrogens is 1. The van der Waals surface area contributed by atoms with Crippen LogP contribution in [0.1, 0.15) is 5.56 Å². The van der Waals surface area contributed by atoms with Crippen molar-refractivity contribution >= 4 is 11.5 Å². The number of benzene rings is 1. The molecule has 2 aromatic rings. The molecule has 1 aromatic heterocycles. The van der Waals surface area contributed by atoms with Crippen molar-refractivity contribution < 1.29 is 10.0 Å². The lowest BCUT2D eigenvalue weighted by atomic mass is 10.2. The zero-order valence-corrected chi connectivity index (χ0v) is 10.8. The van der Waals surface area contributed by atoms with Gasteiger partial charge in [-0.2, -0.15) is 0 Å². The van der Waals surface area contributed by atoms with Gasteiger partial charge in [0.25, 0.3) is 5.69 Å². The van der Waals surface area contributed by atoms with E-state index in [-0.39, 0.29) is 12.3 Å². The van der Waals surface area contributed by atoms with Crippen molar-refractivity contribution in [2.75, 3.05) is 18.1 Å². The summed E-state index contributed by atoms with van der Waals surface area (Å²) >= 11 is 0. The number of hydrogen-bond donors (Lipinski definition) is 1. The number of aliphatic hydroxyl groups is 1. The highest BCUT2D eigenvalue weighted by atomic mass is 16.6. The first-order valence-corrected chi connectivity index (χ1v) is 6.21. The second kappa shape index (κ2) is 6.63. The second-order valence-corrected chi connectivity index (χ2v) is 4.26. The summed E-state index contributed by atoms with van der Waals surface area (Å²) in [5.41, 5.74) is 1.04. The Kier molecular flexibility index (Phi) is 4.62. The van der Waals surface area contributed by atoms with E-state index in [0.717, 1.165) is 5.56 Å². The van der Waals surface area contributed by atoms with Gasteiger partial charge in [0.1, 0.15) is 5.82 Å². The molecule has 0 spiro atoms. The minimum atomic E-state index is -0.454. The fourth-order valence-electron chi connectivity index (χ4n) is 1.89. The molecule has 0 radical (unpaired) electrons. The summed E-state index contributed by atoms with van der Waals surface area (Å²) in [6.45, 7) is 0.857. The van der Waals surface area contributed by atoms with Crippen LogP contribution >= 0.6 is 0 Å². The van der Waals surface area contributed by atoms with E-state index >= 15 is 0 Å². The van der Waals surface area contributed by atoms with E-state index in [1.165, 1.54) is 18.3 Å². The van der Waals surface area contributed by atoms with Gasteiger partial charge in [0.15, 0.2) is 0 Å². The maximum Gasteiger partial charge on any atom is 0.274 e. The zero-order valence-electron chi connectivity index (χ0n) is 10.8. The van der Waals surface area contributed by atoms with E-state index in [4.69, 9.17) is 5.11 Å². The first-order valence-electron chi connectivity index (χ1n) is 6.21. The molecule has 6 nitrogen and oxygen atoms in total. The molecule has 6 heteroatoms. The molecule has 0 unspecified atom stereocenters. The van der Waals surface area contributed by atoms with E-state index in [9.17, 15) is 10.1 Å². The Morgan fingerprint density at radius 3 is 2.65 bits per heavy atom. The minimum Gasteiger partial charge on any atom is -0.395 e. The van der Waals surface area contributed by atoms with Crippen LogP contribution in [0.5, 0.6) is 0 Å². The Morgan fingerprint density at radius 1 is 1.25 bits per heavy atom. The lowest BCUT2D eigenvalue weighted by molar-refractivity contribution is -0.384. The van der Waals surface area contributed by atoms with Crippen molar-refractivity contribution in [2.24, 2.45) is 0 Å². The average molecular weight is 273 g/mol. The van der Waals surface area contributed by atoms with Crippen LogP contribution in [-0.4, -0.2) is 28.2 Å². The molecule has 0 aliphatic heterocycles. The standard InChI is InChI=1S/C14H15N3O3/c18-9-8-16(11-12-4-2-1-3-5-12)14-10-13(17(19)20)6-7-15-14/h1-7,10,18H,8-9,11H2. The van der Waals surface area contributed by atoms with E-state index in [2.05, 4.69) is 4.98 Å². The topological polar surface area (TPSA) is 79.5 Å². The molecule has 0 fully saturated rings. The van der Waals surface area contributed by atoms with Gasteiger partial charge in [-0.25, -0.2) is 4.98 Å². The van der Waals surface area contributed by atoms with Gasteiger partial charge in [-0.15, -0.1) is 0 Å². The molecule has 104 valence electrons. The molecule has 1 heterocycles. The van der Waals surface area contributed by atoms with E-state index in [1.807, 2.05) is 35.2 Å². The predicted molar refractivity (Wildman–Crippen MR) is 75.5 cm³/mol. The average Bonchev–Trinajstić information content (AvgIpc) is 2.48. The molecule has 20 heavy (non-hydrogen) atoms. The quantitative estimate of drug-likeness (QED) is 0.643. The van der Waals surface area contributed by atoms with Crippen LogP contribution in [0.4, 0.5) is 11.5 Å². The summed E-state index contributed by atoms with van der Waals surface area (Å²) in [6.07, 6.45) is 1.41. The number of aliphatic hydroxyl groups excluding tert-OH is 1. The SMILES string of the molecule is O=[N+]([O-])c1ccnc(N(CCO)Cc2ccccc2)c1. The maximum atomic E-state index is 10.8. The van der Waals surface area contributed by atoms with Crippen LogP contribution in [0, 0.1) is 10.1 Å². The third kappa shape index (κ3) is 3.52. The second-order valence-electron chi connectivity index (χ2n) is 4.26. The molecule has 0 aliphatic carbocycles. The van der Waals surface area contributed by atoms with E-state index in [0.29, 0.717) is 18.9 Å². The Labute approximate surface area is 116 Å². The van der Waals surface area contributed by atoms with Crippen molar-refractivity contribution in [3.63, 3.8) is 0 Å². The molecule has 1 N–H and O–H groups in total. The Hall–Kier alpha value is -2.47. The van der Waals surface area contributed by atoms with Gasteiger partial charge in [0, 0.05) is 25.4 Å². The largest absolute Gasteiger partial charge is 0.395 e. The fourth-order valence-corrected chi connectivity index (χ4v) is 1.89. The van der Waals surface area contributed by atoms with Crippen molar-refractivity contribution in [3.8, 4) is 0 Å². The van der Waals surface area contributed by atoms with Crippen molar-refractivity contribution in [1.82, 2.24) is 4.98 Å². The Bertz CT molecular complexity index is 575. The molecular formula is C14H15N3O3. The molecular weight excluding hydrogens is 258 g/mol. The van der Waals surface area contributed by atoms with E-state index < -0.39 is 4.92 Å². The summed E-state index contributed by atoms with van der Waals surface area (Å²) in [6, 6.07) is 12.5.